The molecule has 0 saturated carbocycles. The monoisotopic (exact) mass is 566 g/mol. The van der Waals surface area contributed by atoms with E-state index >= 15 is 0 Å². The minimum Gasteiger partial charge on any atom is -0.330 e. The molecule has 3 aromatic rings. The molecule has 0 aliphatic carbocycles. The third kappa shape index (κ3) is 6.24. The number of nitrogens with zero attached hydrogens (tertiary/aromatic N) is 5. The predicted octanol–water partition coefficient (Wildman–Crippen LogP) is 4.11. The number of amides is 4. The van der Waals surface area contributed by atoms with Crippen molar-refractivity contribution in [3.8, 4) is 0 Å². The zero-order chi connectivity index (χ0) is 29.9. The van der Waals surface area contributed by atoms with E-state index in [1.165, 1.54) is 23.2 Å². The lowest BCUT2D eigenvalue weighted by molar-refractivity contribution is -0.111. The second-order valence-electron chi connectivity index (χ2n) is 10.3. The van der Waals surface area contributed by atoms with Crippen molar-refractivity contribution in [2.45, 2.75) is 38.5 Å². The van der Waals surface area contributed by atoms with E-state index in [4.69, 9.17) is 0 Å². The number of carbonyl (C=O) groups is 3. The first-order valence-corrected chi connectivity index (χ1v) is 12.8. The van der Waals surface area contributed by atoms with Gasteiger partial charge in [0.15, 0.2) is 5.82 Å². The number of anilines is 2. The Kier molecular flexibility index (Phi) is 8.47. The van der Waals surface area contributed by atoms with Crippen molar-refractivity contribution in [3.63, 3.8) is 0 Å². The van der Waals surface area contributed by atoms with Crippen LogP contribution in [0.3, 0.4) is 0 Å². The van der Waals surface area contributed by atoms with Gasteiger partial charge in [-0.05, 0) is 51.7 Å². The number of carbonyl (C=O) groups excluding carboxylic acids is 3. The van der Waals surface area contributed by atoms with E-state index in [2.05, 4.69) is 32.6 Å². The Hall–Kier alpha value is -4.65. The summed E-state index contributed by atoms with van der Waals surface area (Å²) in [7, 11) is 3.78. The number of halogens is 2. The topological polar surface area (TPSA) is 124 Å². The largest absolute Gasteiger partial charge is 0.333 e. The van der Waals surface area contributed by atoms with E-state index in [0.717, 1.165) is 11.6 Å². The van der Waals surface area contributed by atoms with Gasteiger partial charge in [0.05, 0.1) is 35.7 Å². The number of likely N-dealkylation sites (N-methyl/N-ethyl adjacent to an activating group) is 1. The molecule has 1 atom stereocenters. The summed E-state index contributed by atoms with van der Waals surface area (Å²) in [5, 5.41) is 12.1. The van der Waals surface area contributed by atoms with Gasteiger partial charge in [-0.15, -0.1) is 5.10 Å². The smallest absolute Gasteiger partial charge is 0.330 e. The quantitative estimate of drug-likeness (QED) is 0.335. The maximum atomic E-state index is 14.1. The third-order valence-corrected chi connectivity index (χ3v) is 6.74. The van der Waals surface area contributed by atoms with Gasteiger partial charge in [-0.3, -0.25) is 9.59 Å². The predicted molar refractivity (Wildman–Crippen MR) is 149 cm³/mol. The Balaban J connectivity index is 1.58. The van der Waals surface area contributed by atoms with Crippen LogP contribution in [0.15, 0.2) is 61.3 Å². The lowest BCUT2D eigenvalue weighted by atomic mass is 10.0. The van der Waals surface area contributed by atoms with Crippen LogP contribution in [0.4, 0.5) is 25.1 Å². The van der Waals surface area contributed by atoms with Gasteiger partial charge in [-0.2, -0.15) is 8.78 Å². The van der Waals surface area contributed by atoms with Crippen molar-refractivity contribution >= 4 is 29.4 Å². The minimum atomic E-state index is -3.01. The summed E-state index contributed by atoms with van der Waals surface area (Å²) in [6.45, 7) is 4.14. The van der Waals surface area contributed by atoms with Crippen LogP contribution in [-0.4, -0.2) is 63.0 Å². The molecule has 3 N–H and O–H groups in total. The van der Waals surface area contributed by atoms with Gasteiger partial charge in [0.1, 0.15) is 5.69 Å². The highest BCUT2D eigenvalue weighted by atomic mass is 19.3. The molecule has 13 heteroatoms. The van der Waals surface area contributed by atoms with E-state index in [1.54, 1.807) is 13.8 Å². The molecule has 0 bridgehead atoms. The summed E-state index contributed by atoms with van der Waals surface area (Å²) < 4.78 is 28.8. The molecule has 216 valence electrons. The highest BCUT2D eigenvalue weighted by Crippen LogP contribution is 2.43. The lowest BCUT2D eigenvalue weighted by Gasteiger charge is -2.34. The van der Waals surface area contributed by atoms with Gasteiger partial charge in [-0.1, -0.05) is 36.9 Å². The van der Waals surface area contributed by atoms with Gasteiger partial charge >= 0.3 is 12.6 Å². The van der Waals surface area contributed by atoms with Gasteiger partial charge in [0.2, 0.25) is 5.91 Å². The first-order chi connectivity index (χ1) is 19.4. The third-order valence-electron chi connectivity index (χ3n) is 6.74. The SMILES string of the molecule is C=CC(=O)Nc1ccc(C(=O)Nc2nn(C(F)F)c3c2CN(C(=O)N[C@H](CN(C)C)c2ccccc2)C3(C)C)nc1. The van der Waals surface area contributed by atoms with Crippen molar-refractivity contribution in [3.05, 3.63) is 83.8 Å². The van der Waals surface area contributed by atoms with Gasteiger partial charge in [-0.25, -0.2) is 14.5 Å². The number of rotatable bonds is 9. The summed E-state index contributed by atoms with van der Waals surface area (Å²) in [6, 6.07) is 11.5. The minimum absolute atomic E-state index is 0.0248. The molecular weight excluding hydrogens is 534 g/mol. The molecule has 0 fully saturated rings. The maximum absolute atomic E-state index is 14.1. The number of alkyl halides is 2. The molecular formula is C28H32F2N8O3. The van der Waals surface area contributed by atoms with Crippen LogP contribution in [-0.2, 0) is 16.9 Å². The van der Waals surface area contributed by atoms with Crippen LogP contribution < -0.4 is 16.0 Å². The highest BCUT2D eigenvalue weighted by molar-refractivity contribution is 6.03. The Morgan fingerprint density at radius 3 is 2.41 bits per heavy atom. The number of fused-ring (bicyclic) bond motifs is 1. The first kappa shape index (κ1) is 29.3. The van der Waals surface area contributed by atoms with Crippen molar-refractivity contribution in [1.82, 2.24) is 29.9 Å². The Labute approximate surface area is 236 Å². The van der Waals surface area contributed by atoms with E-state index in [0.29, 0.717) is 22.5 Å². The second-order valence-corrected chi connectivity index (χ2v) is 10.3. The number of urea groups is 1. The van der Waals surface area contributed by atoms with E-state index in [9.17, 15) is 23.2 Å². The molecule has 2 aromatic heterocycles. The average Bonchev–Trinajstić information content (AvgIpc) is 3.43. The molecule has 0 spiro atoms. The van der Waals surface area contributed by atoms with Crippen molar-refractivity contribution in [2.24, 2.45) is 0 Å². The Bertz CT molecular complexity index is 1440. The Morgan fingerprint density at radius 2 is 1.83 bits per heavy atom. The Morgan fingerprint density at radius 1 is 1.12 bits per heavy atom. The fraction of sp³-hybridized carbons (Fsp3) is 0.321. The highest BCUT2D eigenvalue weighted by Gasteiger charge is 2.47. The summed E-state index contributed by atoms with van der Waals surface area (Å²) in [5.74, 6) is -1.22. The molecule has 4 rings (SSSR count). The van der Waals surface area contributed by atoms with Gasteiger partial charge < -0.3 is 25.8 Å². The normalized spacial score (nSPS) is 14.5. The molecule has 1 aliphatic heterocycles. The number of nitrogens with one attached hydrogen (secondary N) is 3. The average molecular weight is 567 g/mol. The molecule has 0 radical (unpaired) electrons. The molecule has 0 saturated heterocycles. The number of hydrogen-bond donors (Lipinski definition) is 3. The standard InChI is InChI=1S/C28H32F2N8O3/c1-6-22(39)32-18-12-13-20(31-14-18)25(40)34-24-19-15-37(28(2,3)23(19)38(35-24)26(29)30)27(41)33-21(16-36(4)5)17-10-8-7-9-11-17/h6-14,21,26H,1,15-16H2,2-5H3,(H,32,39)(H,33,41)(H,34,35,40)/t21-/m1/s1. The number of aromatic nitrogens is 3. The first-order valence-electron chi connectivity index (χ1n) is 12.8. The fourth-order valence-corrected chi connectivity index (χ4v) is 4.80. The summed E-state index contributed by atoms with van der Waals surface area (Å²) >= 11 is 0. The molecule has 3 heterocycles. The van der Waals surface area contributed by atoms with Crippen LogP contribution in [0.5, 0.6) is 0 Å². The lowest BCUT2D eigenvalue weighted by Crippen LogP contribution is -2.49. The summed E-state index contributed by atoms with van der Waals surface area (Å²) in [4.78, 5) is 45.5. The van der Waals surface area contributed by atoms with E-state index in [-0.39, 0.29) is 29.8 Å². The van der Waals surface area contributed by atoms with Crippen molar-refractivity contribution in [2.75, 3.05) is 31.3 Å². The van der Waals surface area contributed by atoms with Crippen LogP contribution >= 0.6 is 0 Å². The number of hydrogen-bond acceptors (Lipinski definition) is 6. The second kappa shape index (κ2) is 11.8. The van der Waals surface area contributed by atoms with Crippen LogP contribution in [0.2, 0.25) is 0 Å². The zero-order valence-electron chi connectivity index (χ0n) is 23.2. The zero-order valence-corrected chi connectivity index (χ0v) is 23.2. The molecule has 1 aliphatic rings. The maximum Gasteiger partial charge on any atom is 0.333 e. The van der Waals surface area contributed by atoms with Crippen LogP contribution in [0.1, 0.15) is 53.7 Å². The molecule has 1 aromatic carbocycles. The number of benzene rings is 1. The van der Waals surface area contributed by atoms with Crippen LogP contribution in [0, 0.1) is 0 Å². The molecule has 41 heavy (non-hydrogen) atoms. The number of pyridine rings is 1. The van der Waals surface area contributed by atoms with Gasteiger partial charge in [0, 0.05) is 12.1 Å². The van der Waals surface area contributed by atoms with Gasteiger partial charge in [0.25, 0.3) is 5.91 Å². The van der Waals surface area contributed by atoms with E-state index < -0.39 is 29.9 Å². The molecule has 4 amide bonds. The fourth-order valence-electron chi connectivity index (χ4n) is 4.80. The molecule has 11 nitrogen and oxygen atoms in total. The summed E-state index contributed by atoms with van der Waals surface area (Å²) in [5.41, 5.74) is 0.478. The summed E-state index contributed by atoms with van der Waals surface area (Å²) in [6.07, 6.45) is 2.38. The van der Waals surface area contributed by atoms with Crippen molar-refractivity contribution < 1.29 is 23.2 Å². The van der Waals surface area contributed by atoms with Crippen molar-refractivity contribution in [1.29, 1.82) is 0 Å². The van der Waals surface area contributed by atoms with E-state index in [1.807, 2.05) is 49.3 Å². The molecule has 0 unspecified atom stereocenters. The van der Waals surface area contributed by atoms with Crippen LogP contribution in [0.25, 0.3) is 0 Å².